The van der Waals surface area contributed by atoms with E-state index >= 15 is 0 Å². The van der Waals surface area contributed by atoms with E-state index in [0.717, 1.165) is 31.2 Å². The predicted octanol–water partition coefficient (Wildman–Crippen LogP) is 3.51. The molecule has 5 unspecified atom stereocenters. The second kappa shape index (κ2) is 23.1. The van der Waals surface area contributed by atoms with E-state index in [9.17, 15) is 34.2 Å². The van der Waals surface area contributed by atoms with Gasteiger partial charge in [-0.1, -0.05) is 59.4 Å². The van der Waals surface area contributed by atoms with Crippen molar-refractivity contribution in [3.63, 3.8) is 0 Å². The molecule has 7 N–H and O–H groups in total. The highest BCUT2D eigenvalue weighted by molar-refractivity contribution is 8.00. The molecule has 0 aliphatic heterocycles. The van der Waals surface area contributed by atoms with Gasteiger partial charge >= 0.3 is 11.9 Å². The van der Waals surface area contributed by atoms with Gasteiger partial charge in [-0.2, -0.15) is 11.8 Å². The second-order valence-corrected chi connectivity index (χ2v) is 11.9. The largest absolute Gasteiger partial charge is 0.504 e. The summed E-state index contributed by atoms with van der Waals surface area (Å²) in [6.45, 7) is 7.43. The highest BCUT2D eigenvalue weighted by Gasteiger charge is 2.29. The number of carboxylic acid groups (broad SMARTS) is 2. The van der Waals surface area contributed by atoms with Gasteiger partial charge in [-0.15, -0.1) is 0 Å². The van der Waals surface area contributed by atoms with Crippen LogP contribution in [0.3, 0.4) is 0 Å². The number of Topliss-reactive ketones (excluding diaryl/α,β-unsaturated/α-hetero) is 1. The zero-order valence-corrected chi connectivity index (χ0v) is 27.4. The van der Waals surface area contributed by atoms with Gasteiger partial charge in [0.25, 0.3) is 0 Å². The Morgan fingerprint density at radius 2 is 1.75 bits per heavy atom. The summed E-state index contributed by atoms with van der Waals surface area (Å²) in [5.74, 6) is -2.12. The quantitative estimate of drug-likeness (QED) is 0.0798. The fraction of sp³-hybridized carbons (Fsp3) is 0.645. The maximum absolute atomic E-state index is 12.8. The molecule has 1 rings (SSSR count). The van der Waals surface area contributed by atoms with Gasteiger partial charge in [0.2, 0.25) is 12.3 Å². The maximum Gasteiger partial charge on any atom is 0.326 e. The third kappa shape index (κ3) is 16.5. The van der Waals surface area contributed by atoms with E-state index in [1.54, 1.807) is 32.0 Å². The first-order chi connectivity index (χ1) is 20.8. The fourth-order valence-corrected chi connectivity index (χ4v) is 5.36. The lowest BCUT2D eigenvalue weighted by molar-refractivity contribution is -0.143. The van der Waals surface area contributed by atoms with Gasteiger partial charge in [0.15, 0.2) is 11.5 Å². The number of carbonyl (C=O) groups excluding carboxylic acids is 3. The van der Waals surface area contributed by atoms with Crippen LogP contribution in [0, 0.1) is 5.92 Å². The number of unbranched alkanes of at least 4 members (excludes halogenated alkanes) is 2. The number of aromatic hydroxyl groups is 1. The van der Waals surface area contributed by atoms with Crippen LogP contribution in [-0.4, -0.2) is 81.6 Å². The van der Waals surface area contributed by atoms with Crippen LogP contribution in [0.5, 0.6) is 11.5 Å². The zero-order chi connectivity index (χ0) is 33.7. The Kier molecular flexibility index (Phi) is 21.4. The fourth-order valence-electron chi connectivity index (χ4n) is 4.01. The molecule has 0 bridgehead atoms. The average molecular weight is 642 g/mol. The Labute approximate surface area is 264 Å². The van der Waals surface area contributed by atoms with Crippen molar-refractivity contribution in [1.29, 1.82) is 0 Å². The van der Waals surface area contributed by atoms with Crippen LogP contribution in [0.2, 0.25) is 0 Å². The summed E-state index contributed by atoms with van der Waals surface area (Å²) in [7, 11) is 1.47. The van der Waals surface area contributed by atoms with Gasteiger partial charge < -0.3 is 36.4 Å². The number of aryl methyl sites for hydroxylation is 1. The molecule has 0 saturated heterocycles. The van der Waals surface area contributed by atoms with E-state index in [4.69, 9.17) is 15.6 Å². The van der Waals surface area contributed by atoms with Crippen LogP contribution >= 0.6 is 11.8 Å². The molecule has 0 aliphatic rings. The normalized spacial score (nSPS) is 14.0. The molecule has 0 spiro atoms. The Morgan fingerprint density at radius 3 is 2.25 bits per heavy atom. The van der Waals surface area contributed by atoms with E-state index in [1.807, 2.05) is 6.92 Å². The molecule has 0 aliphatic carbocycles. The van der Waals surface area contributed by atoms with Crippen molar-refractivity contribution >= 4 is 41.8 Å². The van der Waals surface area contributed by atoms with Gasteiger partial charge in [0.1, 0.15) is 23.9 Å². The number of aliphatic carboxylic acids is 2. The minimum absolute atomic E-state index is 0.0259. The van der Waals surface area contributed by atoms with Crippen molar-refractivity contribution in [2.24, 2.45) is 11.7 Å². The first-order valence-electron chi connectivity index (χ1n) is 15.0. The number of rotatable bonds is 22. The van der Waals surface area contributed by atoms with E-state index in [-0.39, 0.29) is 28.5 Å². The summed E-state index contributed by atoms with van der Waals surface area (Å²) >= 11 is 1.45. The minimum atomic E-state index is -1.12. The van der Waals surface area contributed by atoms with Crippen molar-refractivity contribution in [2.45, 2.75) is 109 Å². The first kappa shape index (κ1) is 40.7. The molecule has 0 radical (unpaired) electrons. The number of nitrogens with one attached hydrogen (secondary N) is 2. The van der Waals surface area contributed by atoms with Gasteiger partial charge in [0.05, 0.1) is 7.11 Å². The number of phenolic OH excluding ortho intramolecular Hbond substituents is 1. The first-order valence-corrected chi connectivity index (χ1v) is 16.1. The highest BCUT2D eigenvalue weighted by atomic mass is 32.2. The molecule has 2 amide bonds. The lowest BCUT2D eigenvalue weighted by atomic mass is 9.99. The van der Waals surface area contributed by atoms with E-state index in [1.165, 1.54) is 18.9 Å². The molecule has 0 fully saturated rings. The maximum atomic E-state index is 12.8. The van der Waals surface area contributed by atoms with Crippen LogP contribution in [-0.2, 0) is 30.4 Å². The van der Waals surface area contributed by atoms with Crippen LogP contribution in [0.25, 0.3) is 0 Å². The number of amides is 2. The van der Waals surface area contributed by atoms with Crippen molar-refractivity contribution in [3.05, 3.63) is 23.8 Å². The average Bonchev–Trinajstić information content (AvgIpc) is 3.00. The zero-order valence-electron chi connectivity index (χ0n) is 26.5. The molecule has 5 atom stereocenters. The van der Waals surface area contributed by atoms with E-state index < -0.39 is 36.0 Å². The number of ketones is 1. The number of benzene rings is 1. The van der Waals surface area contributed by atoms with Crippen molar-refractivity contribution < 1.29 is 44.0 Å². The molecule has 250 valence electrons. The molecule has 1 aromatic rings. The second-order valence-electron chi connectivity index (χ2n) is 10.6. The summed E-state index contributed by atoms with van der Waals surface area (Å²) < 4.78 is 5.13. The number of carboxylic acids is 2. The molecule has 0 aromatic heterocycles. The molecule has 0 saturated carbocycles. The van der Waals surface area contributed by atoms with Gasteiger partial charge in [-0.25, -0.2) is 4.79 Å². The van der Waals surface area contributed by atoms with Gasteiger partial charge in [0, 0.05) is 23.8 Å². The summed E-state index contributed by atoms with van der Waals surface area (Å²) in [6.07, 6.45) is 6.53. The van der Waals surface area contributed by atoms with E-state index in [2.05, 4.69) is 17.6 Å². The third-order valence-corrected chi connectivity index (χ3v) is 8.54. The molecule has 44 heavy (non-hydrogen) atoms. The number of nitrogens with two attached hydrogens (primary N) is 1. The topological polar surface area (TPSA) is 205 Å². The SMILES string of the molecule is CCC(N)C(=O)O.CCCCCC(CC(=O)CCc1ccc(O)c(OC)c1)SCC(NC=O)C(=O)NC(C(=O)O)C(C)CC. The van der Waals surface area contributed by atoms with Crippen LogP contribution in [0.1, 0.15) is 84.6 Å². The molecule has 12 nitrogen and oxygen atoms in total. The Hall–Kier alpha value is -3.32. The van der Waals surface area contributed by atoms with Crippen molar-refractivity contribution in [2.75, 3.05) is 12.9 Å². The lowest BCUT2D eigenvalue weighted by Gasteiger charge is -2.24. The Balaban J connectivity index is 0.00000234. The van der Waals surface area contributed by atoms with Crippen molar-refractivity contribution in [1.82, 2.24) is 10.6 Å². The van der Waals surface area contributed by atoms with Gasteiger partial charge in [-0.3, -0.25) is 19.2 Å². The summed E-state index contributed by atoms with van der Waals surface area (Å²) in [4.78, 5) is 58.2. The minimum Gasteiger partial charge on any atom is -0.504 e. The lowest BCUT2D eigenvalue weighted by Crippen LogP contribution is -2.53. The number of phenols is 1. The standard InChI is InChI=1S/C27H42N2O7S.C4H9NO2/c1-5-7-8-9-21(15-20(31)12-10-19-11-13-23(32)24(14-19)36-4)37-16-22(28-17-30)26(33)29-25(27(34)35)18(3)6-2;1-2-3(5)4(6)7/h11,13-14,17-18,21-22,25,32H,5-10,12,15-16H2,1-4H3,(H,28,30)(H,29,33)(H,34,35);3H,2,5H2,1H3,(H,6,7). The smallest absolute Gasteiger partial charge is 0.326 e. The van der Waals surface area contributed by atoms with Crippen LogP contribution < -0.4 is 21.1 Å². The molecular formula is C31H51N3O9S. The van der Waals surface area contributed by atoms with E-state index in [0.29, 0.717) is 44.3 Å². The molecular weight excluding hydrogens is 590 g/mol. The van der Waals surface area contributed by atoms with Crippen molar-refractivity contribution in [3.8, 4) is 11.5 Å². The number of hydrogen-bond acceptors (Lipinski definition) is 9. The molecule has 0 heterocycles. The van der Waals surface area contributed by atoms with Gasteiger partial charge in [-0.05, 0) is 42.9 Å². The Bertz CT molecular complexity index is 1040. The van der Waals surface area contributed by atoms with Crippen LogP contribution in [0.4, 0.5) is 0 Å². The number of carbonyl (C=O) groups is 5. The van der Waals surface area contributed by atoms with Crippen LogP contribution in [0.15, 0.2) is 18.2 Å². The number of methoxy groups -OCH3 is 1. The number of hydrogen-bond donors (Lipinski definition) is 6. The molecule has 13 heteroatoms. The number of thioether (sulfide) groups is 1. The monoisotopic (exact) mass is 641 g/mol. The number of ether oxygens (including phenoxy) is 1. The summed E-state index contributed by atoms with van der Waals surface area (Å²) in [5.41, 5.74) is 5.90. The third-order valence-electron chi connectivity index (χ3n) is 7.14. The highest BCUT2D eigenvalue weighted by Crippen LogP contribution is 2.27. The summed E-state index contributed by atoms with van der Waals surface area (Å²) in [6, 6.07) is 2.40. The summed E-state index contributed by atoms with van der Waals surface area (Å²) in [5, 5.41) is 32.3. The molecule has 1 aromatic carbocycles. The predicted molar refractivity (Wildman–Crippen MR) is 171 cm³/mol. The Morgan fingerprint density at radius 1 is 1.07 bits per heavy atom.